The molecule has 0 bridgehead atoms. The van der Waals surface area contributed by atoms with E-state index in [9.17, 15) is 18.0 Å². The number of halogens is 3. The van der Waals surface area contributed by atoms with Crippen molar-refractivity contribution in [2.45, 2.75) is 6.36 Å². The fourth-order valence-electron chi connectivity index (χ4n) is 1.18. The summed E-state index contributed by atoms with van der Waals surface area (Å²) in [7, 11) is 0. The minimum absolute atomic E-state index is 0.0995. The van der Waals surface area contributed by atoms with Crippen LogP contribution in [0, 0.1) is 0 Å². The molecular weight excluding hydrogens is 279 g/mol. The van der Waals surface area contributed by atoms with Crippen molar-refractivity contribution in [3.05, 3.63) is 34.7 Å². The number of benzene rings is 1. The van der Waals surface area contributed by atoms with Gasteiger partial charge in [0, 0.05) is 23.7 Å². The summed E-state index contributed by atoms with van der Waals surface area (Å²) in [6, 6.07) is 4.09. The molecule has 7 nitrogen and oxygen atoms in total. The monoisotopic (exact) mass is 289 g/mol. The van der Waals surface area contributed by atoms with Gasteiger partial charge in [0.2, 0.25) is 0 Å². The number of hydrogen-bond acceptors (Lipinski definition) is 3. The molecule has 0 aliphatic carbocycles. The van der Waals surface area contributed by atoms with Crippen molar-refractivity contribution in [2.75, 3.05) is 18.4 Å². The molecule has 2 N–H and O–H groups in total. The second kappa shape index (κ2) is 7.10. The van der Waals surface area contributed by atoms with Crippen LogP contribution in [0.4, 0.5) is 23.7 Å². The fourth-order valence-corrected chi connectivity index (χ4v) is 1.18. The van der Waals surface area contributed by atoms with E-state index in [-0.39, 0.29) is 18.8 Å². The van der Waals surface area contributed by atoms with Crippen LogP contribution in [0.5, 0.6) is 5.75 Å². The number of amides is 2. The molecule has 1 aromatic rings. The third kappa shape index (κ3) is 6.36. The Balaban J connectivity index is 2.44. The maximum atomic E-state index is 11.9. The number of nitrogens with zero attached hydrogens (tertiary/aromatic N) is 3. The predicted octanol–water partition coefficient (Wildman–Crippen LogP) is 3.02. The Bertz CT molecular complexity index is 497. The first kappa shape index (κ1) is 15.4. The van der Waals surface area contributed by atoms with Crippen molar-refractivity contribution in [1.29, 1.82) is 0 Å². The minimum atomic E-state index is -4.76. The number of carbonyl (C=O) groups is 1. The van der Waals surface area contributed by atoms with Gasteiger partial charge in [0.25, 0.3) is 0 Å². The molecule has 20 heavy (non-hydrogen) atoms. The second-order valence-corrected chi connectivity index (χ2v) is 3.41. The number of urea groups is 1. The van der Waals surface area contributed by atoms with Gasteiger partial charge in [-0.3, -0.25) is 0 Å². The van der Waals surface area contributed by atoms with Crippen molar-refractivity contribution in [2.24, 2.45) is 5.11 Å². The third-order valence-electron chi connectivity index (χ3n) is 1.91. The highest BCUT2D eigenvalue weighted by Gasteiger charge is 2.30. The highest BCUT2D eigenvalue weighted by molar-refractivity contribution is 5.89. The van der Waals surface area contributed by atoms with E-state index in [1.54, 1.807) is 0 Å². The van der Waals surface area contributed by atoms with E-state index in [1.165, 1.54) is 12.1 Å². The number of carbonyl (C=O) groups excluding carboxylic acids is 1. The van der Waals surface area contributed by atoms with E-state index in [4.69, 9.17) is 5.53 Å². The van der Waals surface area contributed by atoms with Crippen LogP contribution >= 0.6 is 0 Å². The van der Waals surface area contributed by atoms with Gasteiger partial charge in [-0.05, 0) is 29.8 Å². The highest BCUT2D eigenvalue weighted by Crippen LogP contribution is 2.23. The van der Waals surface area contributed by atoms with Gasteiger partial charge in [-0.25, -0.2) is 4.79 Å². The second-order valence-electron chi connectivity index (χ2n) is 3.41. The largest absolute Gasteiger partial charge is 0.573 e. The van der Waals surface area contributed by atoms with Crippen LogP contribution in [0.2, 0.25) is 0 Å². The van der Waals surface area contributed by atoms with Crippen LogP contribution in [0.15, 0.2) is 29.4 Å². The minimum Gasteiger partial charge on any atom is -0.406 e. The average molecular weight is 289 g/mol. The summed E-state index contributed by atoms with van der Waals surface area (Å²) in [5, 5.41) is 7.99. The standard InChI is InChI=1S/C10H10F3N5O2/c11-10(12,13)20-8-3-1-7(2-4-8)17-9(19)15-5-6-16-18-14/h1-4H,5-6H2,(H2,15,17,19). The lowest BCUT2D eigenvalue weighted by Gasteiger charge is -2.10. The molecule has 10 heteroatoms. The Morgan fingerprint density at radius 1 is 1.35 bits per heavy atom. The van der Waals surface area contributed by atoms with Crippen LogP contribution < -0.4 is 15.4 Å². The van der Waals surface area contributed by atoms with Crippen LogP contribution in [-0.2, 0) is 0 Å². The molecule has 0 heterocycles. The van der Waals surface area contributed by atoms with Crippen LogP contribution in [0.25, 0.3) is 10.4 Å². The summed E-state index contributed by atoms with van der Waals surface area (Å²) < 4.78 is 39.4. The molecule has 1 rings (SSSR count). The van der Waals surface area contributed by atoms with Crippen molar-refractivity contribution in [3.63, 3.8) is 0 Å². The quantitative estimate of drug-likeness (QED) is 0.377. The molecule has 2 amide bonds. The molecule has 0 saturated heterocycles. The van der Waals surface area contributed by atoms with Crippen molar-refractivity contribution in [3.8, 4) is 5.75 Å². The van der Waals surface area contributed by atoms with Gasteiger partial charge in [-0.15, -0.1) is 13.2 Å². The lowest BCUT2D eigenvalue weighted by atomic mass is 10.3. The molecule has 108 valence electrons. The van der Waals surface area contributed by atoms with Crippen LogP contribution in [0.3, 0.4) is 0 Å². The molecule has 0 aromatic heterocycles. The Labute approximate surface area is 111 Å². The number of nitrogens with one attached hydrogen (secondary N) is 2. The summed E-state index contributed by atoms with van der Waals surface area (Å²) in [6.45, 7) is 0.243. The number of ether oxygens (including phenoxy) is 1. The van der Waals surface area contributed by atoms with Crippen LogP contribution in [-0.4, -0.2) is 25.5 Å². The maximum absolute atomic E-state index is 11.9. The Morgan fingerprint density at radius 3 is 2.55 bits per heavy atom. The zero-order valence-corrected chi connectivity index (χ0v) is 10.0. The summed E-state index contributed by atoms with van der Waals surface area (Å²) >= 11 is 0. The van der Waals surface area contributed by atoms with Gasteiger partial charge in [0.1, 0.15) is 5.75 Å². The predicted molar refractivity (Wildman–Crippen MR) is 64.2 cm³/mol. The number of anilines is 1. The number of alkyl halides is 3. The van der Waals surface area contributed by atoms with E-state index in [0.717, 1.165) is 12.1 Å². The molecule has 0 saturated carbocycles. The molecule has 0 radical (unpaired) electrons. The Hall–Kier alpha value is -2.61. The number of rotatable bonds is 5. The normalized spacial score (nSPS) is 10.3. The van der Waals surface area contributed by atoms with Crippen molar-refractivity contribution >= 4 is 11.7 Å². The third-order valence-corrected chi connectivity index (χ3v) is 1.91. The molecular formula is C10H10F3N5O2. The zero-order valence-electron chi connectivity index (χ0n) is 10.0. The SMILES string of the molecule is [N-]=[N+]=NCCNC(=O)Nc1ccc(OC(F)(F)F)cc1. The van der Waals surface area contributed by atoms with E-state index >= 15 is 0 Å². The molecule has 0 atom stereocenters. The molecule has 1 aromatic carbocycles. The maximum Gasteiger partial charge on any atom is 0.573 e. The van der Waals surface area contributed by atoms with Gasteiger partial charge in [0.15, 0.2) is 0 Å². The van der Waals surface area contributed by atoms with E-state index in [1.807, 2.05) is 0 Å². The van der Waals surface area contributed by atoms with Gasteiger partial charge in [-0.2, -0.15) is 0 Å². The number of azide groups is 1. The summed E-state index contributed by atoms with van der Waals surface area (Å²) in [6.07, 6.45) is -4.76. The first-order valence-corrected chi connectivity index (χ1v) is 5.32. The van der Waals surface area contributed by atoms with Gasteiger partial charge >= 0.3 is 12.4 Å². The van der Waals surface area contributed by atoms with Gasteiger partial charge in [-0.1, -0.05) is 5.11 Å². The average Bonchev–Trinajstić information content (AvgIpc) is 2.35. The fraction of sp³-hybridized carbons (Fsp3) is 0.300. The van der Waals surface area contributed by atoms with Gasteiger partial charge in [0.05, 0.1) is 0 Å². The van der Waals surface area contributed by atoms with Gasteiger partial charge < -0.3 is 15.4 Å². The topological polar surface area (TPSA) is 99.1 Å². The highest BCUT2D eigenvalue weighted by atomic mass is 19.4. The number of hydrogen-bond donors (Lipinski definition) is 2. The molecule has 0 spiro atoms. The molecule has 0 aliphatic heterocycles. The molecule has 0 fully saturated rings. The summed E-state index contributed by atoms with van der Waals surface area (Å²) in [5.74, 6) is -0.383. The van der Waals surface area contributed by atoms with E-state index in [2.05, 4.69) is 25.4 Å². The summed E-state index contributed by atoms with van der Waals surface area (Å²) in [4.78, 5) is 13.8. The lowest BCUT2D eigenvalue weighted by Crippen LogP contribution is -2.30. The smallest absolute Gasteiger partial charge is 0.406 e. The Kier molecular flexibility index (Phi) is 5.48. The molecule has 0 aliphatic rings. The van der Waals surface area contributed by atoms with E-state index < -0.39 is 12.4 Å². The summed E-state index contributed by atoms with van der Waals surface area (Å²) in [5.41, 5.74) is 8.30. The van der Waals surface area contributed by atoms with E-state index in [0.29, 0.717) is 5.69 Å². The lowest BCUT2D eigenvalue weighted by molar-refractivity contribution is -0.274. The zero-order chi connectivity index (χ0) is 15.0. The first-order chi connectivity index (χ1) is 9.40. The van der Waals surface area contributed by atoms with Crippen molar-refractivity contribution in [1.82, 2.24) is 5.32 Å². The van der Waals surface area contributed by atoms with Crippen molar-refractivity contribution < 1.29 is 22.7 Å². The van der Waals surface area contributed by atoms with Crippen LogP contribution in [0.1, 0.15) is 0 Å². The first-order valence-electron chi connectivity index (χ1n) is 5.32. The molecule has 0 unspecified atom stereocenters. The Morgan fingerprint density at radius 2 is 2.00 bits per heavy atom.